The van der Waals surface area contributed by atoms with Gasteiger partial charge in [-0.1, -0.05) is 215 Å². The number of carbonyl (C=O) groups excluding carboxylic acids is 4. The van der Waals surface area contributed by atoms with Gasteiger partial charge in [0.2, 0.25) is 5.91 Å². The van der Waals surface area contributed by atoms with Gasteiger partial charge in [-0.05, 0) is 105 Å². The summed E-state index contributed by atoms with van der Waals surface area (Å²) in [5, 5.41) is 3.04. The second-order valence-electron chi connectivity index (χ2n) is 26.5. The molecule has 7 unspecified atom stereocenters. The average molecular weight is 1160 g/mol. The van der Waals surface area contributed by atoms with Crippen LogP contribution < -0.4 is 10.1 Å². The summed E-state index contributed by atoms with van der Waals surface area (Å²) in [7, 11) is 6.73. The number of amides is 2. The van der Waals surface area contributed by atoms with Gasteiger partial charge in [0.25, 0.3) is 5.91 Å². The first kappa shape index (κ1) is 63.8. The molecule has 4 aromatic rings. The first-order valence-electron chi connectivity index (χ1n) is 30.3. The van der Waals surface area contributed by atoms with Crippen molar-refractivity contribution in [1.29, 1.82) is 0 Å². The number of Topliss-reactive ketones (excluding diaryl/α,β-unsaturated/α-hetero) is 1. The minimum Gasteiger partial charge on any atom is -0.496 e. The van der Waals surface area contributed by atoms with E-state index in [1.165, 1.54) is 35.0 Å². The van der Waals surface area contributed by atoms with E-state index in [1.54, 1.807) is 38.1 Å². The average Bonchev–Trinajstić information content (AvgIpc) is 2.45. The van der Waals surface area contributed by atoms with Crippen LogP contribution in [0.25, 0.3) is 0 Å². The van der Waals surface area contributed by atoms with Gasteiger partial charge < -0.3 is 34.4 Å². The summed E-state index contributed by atoms with van der Waals surface area (Å²) in [5.41, 5.74) is 11.7. The van der Waals surface area contributed by atoms with Crippen molar-refractivity contribution in [1.82, 2.24) is 24.9 Å². The third kappa shape index (κ3) is 15.3. The van der Waals surface area contributed by atoms with Crippen LogP contribution in [0.2, 0.25) is 0 Å². The van der Waals surface area contributed by atoms with Crippen LogP contribution in [-0.2, 0) is 40.4 Å². The molecule has 0 saturated carbocycles. The van der Waals surface area contributed by atoms with Gasteiger partial charge in [-0.25, -0.2) is 4.79 Å². The summed E-state index contributed by atoms with van der Waals surface area (Å²) in [6.45, 7) is 26.0. The molecule has 6 aliphatic rings. The molecule has 11 heteroatoms. The Morgan fingerprint density at radius 1 is 0.593 bits per heavy atom. The lowest BCUT2D eigenvalue weighted by Crippen LogP contribution is -2.43. The first-order valence-corrected chi connectivity index (χ1v) is 30.3. The predicted octanol–water partition coefficient (Wildman–Crippen LogP) is 14.5. The van der Waals surface area contributed by atoms with Crippen LogP contribution in [0.5, 0.6) is 5.75 Å². The van der Waals surface area contributed by atoms with Crippen molar-refractivity contribution < 1.29 is 28.7 Å². The maximum Gasteiger partial charge on any atom is 0.337 e. The Morgan fingerprint density at radius 3 is 1.65 bits per heavy atom. The number of allylic oxidation sites excluding steroid dienone is 6. The van der Waals surface area contributed by atoms with Gasteiger partial charge in [-0.3, -0.25) is 14.4 Å². The van der Waals surface area contributed by atoms with E-state index in [1.807, 2.05) is 90.8 Å². The lowest BCUT2D eigenvalue weighted by atomic mass is 9.80. The molecule has 4 aromatic carbocycles. The standard InChI is InChI=1S/C30H35N3O2.C23H29NO.C22H27NO3/c1-30(2,3)24-16-17-25-23(18-24)19-26(33(25)5)28(34)31-27(22-14-10-7-11-15-22)29(35)32(4)20-21-12-8-6-9-13-21;1-6-17-13-19(16(2)25)7-8-20(17)15-24-12-11-18-9-10-21(14-22(18)24)23(3,4)5;1-22(2,3)18-9-8-15-10-11-23(19(15)13-18)14-17-7-6-16(21(24)26-5)12-20(17)25-4/h6-19,23,25,27H,20H2,1-5H3,(H,31,34);7-14,18,22H,6,15H2,1-5H3;6-13,15,19H,14H2,1-5H3. The molecule has 452 valence electrons. The van der Waals surface area contributed by atoms with Crippen LogP contribution >= 0.6 is 0 Å². The molecule has 3 heterocycles. The fourth-order valence-electron chi connectivity index (χ4n) is 11.8. The summed E-state index contributed by atoms with van der Waals surface area (Å²) < 4.78 is 10.3. The number of likely N-dealkylation sites (N-methyl/N-ethyl adjacent to an activating group) is 2. The Kier molecular flexibility index (Phi) is 20.1. The van der Waals surface area contributed by atoms with Crippen molar-refractivity contribution >= 4 is 23.6 Å². The quantitative estimate of drug-likeness (QED) is 0.0974. The highest BCUT2D eigenvalue weighted by atomic mass is 16.5. The highest BCUT2D eigenvalue weighted by molar-refractivity contribution is 5.97. The summed E-state index contributed by atoms with van der Waals surface area (Å²) >= 11 is 0. The molecule has 0 bridgehead atoms. The van der Waals surface area contributed by atoms with Crippen LogP contribution in [0, 0.1) is 34.0 Å². The van der Waals surface area contributed by atoms with Crippen molar-refractivity contribution in [2.45, 2.75) is 126 Å². The second kappa shape index (κ2) is 27.0. The van der Waals surface area contributed by atoms with Crippen LogP contribution in [-0.4, -0.2) is 89.6 Å². The fraction of sp³-hybridized carbons (Fsp3) is 0.387. The molecular formula is C75H91N5O6. The van der Waals surface area contributed by atoms with Gasteiger partial charge in [-0.15, -0.1) is 0 Å². The van der Waals surface area contributed by atoms with Crippen molar-refractivity contribution in [3.8, 4) is 5.75 Å². The molecule has 86 heavy (non-hydrogen) atoms. The van der Waals surface area contributed by atoms with E-state index in [-0.39, 0.29) is 51.8 Å². The van der Waals surface area contributed by atoms with Gasteiger partial charge >= 0.3 is 5.97 Å². The van der Waals surface area contributed by atoms with Gasteiger partial charge in [0.1, 0.15) is 11.8 Å². The predicted molar refractivity (Wildman–Crippen MR) is 347 cm³/mol. The maximum atomic E-state index is 13.5. The molecule has 0 spiro atoms. The third-order valence-corrected chi connectivity index (χ3v) is 17.2. The molecule has 3 aliphatic heterocycles. The zero-order valence-corrected chi connectivity index (χ0v) is 53.4. The fourth-order valence-corrected chi connectivity index (χ4v) is 11.8. The topological polar surface area (TPSA) is 112 Å². The summed E-state index contributed by atoms with van der Waals surface area (Å²) in [6.07, 6.45) is 32.5. The number of benzene rings is 4. The number of nitrogens with one attached hydrogen (secondary N) is 1. The van der Waals surface area contributed by atoms with Crippen LogP contribution in [0.15, 0.2) is 205 Å². The number of ether oxygens (including phenoxy) is 2. The largest absolute Gasteiger partial charge is 0.496 e. The Hall–Kier alpha value is -8.18. The summed E-state index contributed by atoms with van der Waals surface area (Å²) in [5.74, 6) is 1.10. The zero-order chi connectivity index (χ0) is 62.3. The number of hydrogen-bond acceptors (Lipinski definition) is 9. The molecule has 0 aromatic heterocycles. The van der Waals surface area contributed by atoms with Crippen molar-refractivity contribution in [2.24, 2.45) is 34.0 Å². The van der Waals surface area contributed by atoms with Gasteiger partial charge in [0, 0.05) is 62.6 Å². The SMILES string of the molecule is CCc1cc(C(C)=O)ccc1CN1C=CC2C=CC(C(C)(C)C)=CC21.CN(Cc1ccccc1)C(=O)C(NC(=O)C1=CC2C=C(C(C)(C)C)C=CC2N1C)c1ccccc1.COC(=O)c1ccc(CN2C=CC3C=CC(C(C)(C)C)=CC32)c(OC)c1. The number of esters is 1. The Morgan fingerprint density at radius 2 is 1.12 bits per heavy atom. The van der Waals surface area contributed by atoms with E-state index in [0.717, 1.165) is 41.8 Å². The number of fused-ring (bicyclic) bond motifs is 3. The molecule has 2 amide bonds. The van der Waals surface area contributed by atoms with E-state index in [4.69, 9.17) is 9.47 Å². The van der Waals surface area contributed by atoms with E-state index >= 15 is 0 Å². The second-order valence-corrected chi connectivity index (χ2v) is 26.5. The lowest BCUT2D eigenvalue weighted by molar-refractivity contribution is -0.135. The summed E-state index contributed by atoms with van der Waals surface area (Å²) in [6, 6.07) is 31.0. The Bertz CT molecular complexity index is 3410. The van der Waals surface area contributed by atoms with Crippen molar-refractivity contribution in [3.63, 3.8) is 0 Å². The lowest BCUT2D eigenvalue weighted by Gasteiger charge is -2.33. The molecule has 11 nitrogen and oxygen atoms in total. The van der Waals surface area contributed by atoms with Crippen LogP contribution in [0.1, 0.15) is 131 Å². The van der Waals surface area contributed by atoms with E-state index in [9.17, 15) is 19.2 Å². The molecule has 7 atom stereocenters. The maximum absolute atomic E-state index is 13.5. The van der Waals surface area contributed by atoms with Crippen LogP contribution in [0.4, 0.5) is 0 Å². The minimum atomic E-state index is -0.773. The first-order chi connectivity index (χ1) is 40.8. The number of rotatable bonds is 14. The Balaban J connectivity index is 0.000000171. The number of methoxy groups -OCH3 is 2. The normalized spacial score (nSPS) is 21.0. The monoisotopic (exact) mass is 1160 g/mol. The molecular weight excluding hydrogens is 1070 g/mol. The highest BCUT2D eigenvalue weighted by Crippen LogP contribution is 2.40. The van der Waals surface area contributed by atoms with E-state index in [0.29, 0.717) is 47.5 Å². The number of ketones is 1. The molecule has 3 aliphatic carbocycles. The van der Waals surface area contributed by atoms with Crippen molar-refractivity contribution in [3.05, 3.63) is 244 Å². The highest BCUT2D eigenvalue weighted by Gasteiger charge is 2.38. The van der Waals surface area contributed by atoms with E-state index < -0.39 is 6.04 Å². The molecule has 0 fully saturated rings. The van der Waals surface area contributed by atoms with Crippen molar-refractivity contribution in [2.75, 3.05) is 28.3 Å². The smallest absolute Gasteiger partial charge is 0.337 e. The molecule has 0 saturated heterocycles. The molecule has 10 rings (SSSR count). The van der Waals surface area contributed by atoms with E-state index in [2.05, 4.69) is 176 Å². The summed E-state index contributed by atoms with van der Waals surface area (Å²) in [4.78, 5) is 58.9. The number of carbonyl (C=O) groups is 4. The third-order valence-electron chi connectivity index (χ3n) is 17.2. The number of hydrogen-bond donors (Lipinski definition) is 1. The number of aryl methyl sites for hydroxylation is 1. The number of nitrogens with zero attached hydrogens (tertiary/aromatic N) is 4. The molecule has 1 N–H and O–H groups in total. The molecule has 0 radical (unpaired) electrons. The zero-order valence-electron chi connectivity index (χ0n) is 53.4. The van der Waals surface area contributed by atoms with Gasteiger partial charge in [-0.2, -0.15) is 0 Å². The minimum absolute atomic E-state index is 0.0487. The van der Waals surface area contributed by atoms with Crippen LogP contribution in [0.3, 0.4) is 0 Å². The van der Waals surface area contributed by atoms with Gasteiger partial charge in [0.15, 0.2) is 5.78 Å². The Labute approximate surface area is 512 Å². The van der Waals surface area contributed by atoms with Gasteiger partial charge in [0.05, 0.1) is 43.6 Å².